The van der Waals surface area contributed by atoms with E-state index in [4.69, 9.17) is 17.3 Å². The molecule has 0 amide bonds. The molecular weight excluding hydrogens is 162 g/mol. The highest BCUT2D eigenvalue weighted by atomic mass is 35.5. The van der Waals surface area contributed by atoms with Crippen molar-refractivity contribution in [2.45, 2.75) is 0 Å². The largest absolute Gasteiger partial charge is 0.327 e. The Bertz CT molecular complexity index is 242. The quantitative estimate of drug-likeness (QED) is 0.675. The molecule has 0 aromatic carbocycles. The molecule has 4 heteroatoms. The summed E-state index contributed by atoms with van der Waals surface area (Å²) in [5.74, 6) is 0. The fourth-order valence-corrected chi connectivity index (χ4v) is 0.710. The molecule has 0 spiro atoms. The number of aromatic nitrogens is 2. The average Bonchev–Trinajstić information content (AvgIpc) is 2.04. The molecule has 0 saturated carbocycles. The number of nitrogens with zero attached hydrogens (tertiary/aromatic N) is 2. The van der Waals surface area contributed by atoms with Crippen molar-refractivity contribution in [3.8, 4) is 0 Å². The lowest BCUT2D eigenvalue weighted by atomic mass is 10.3. The van der Waals surface area contributed by atoms with Crippen LogP contribution in [0.25, 0.3) is 6.08 Å². The van der Waals surface area contributed by atoms with Gasteiger partial charge in [0.05, 0.1) is 0 Å². The van der Waals surface area contributed by atoms with Crippen LogP contribution < -0.4 is 5.73 Å². The molecule has 1 aromatic heterocycles. The van der Waals surface area contributed by atoms with Crippen LogP contribution in [0.15, 0.2) is 18.5 Å². The summed E-state index contributed by atoms with van der Waals surface area (Å²) in [7, 11) is 0. The van der Waals surface area contributed by atoms with Gasteiger partial charge in [0.1, 0.15) is 0 Å². The number of halogens is 1. The summed E-state index contributed by atoms with van der Waals surface area (Å²) < 4.78 is 0. The molecule has 0 aliphatic carbocycles. The lowest BCUT2D eigenvalue weighted by Crippen LogP contribution is -1.92. The molecule has 11 heavy (non-hydrogen) atoms. The molecule has 3 nitrogen and oxygen atoms in total. The summed E-state index contributed by atoms with van der Waals surface area (Å²) in [5, 5.41) is 0.259. The zero-order valence-electron chi connectivity index (χ0n) is 5.87. The van der Waals surface area contributed by atoms with Crippen LogP contribution in [-0.2, 0) is 0 Å². The van der Waals surface area contributed by atoms with Crippen LogP contribution in [0, 0.1) is 0 Å². The Morgan fingerprint density at radius 1 is 1.45 bits per heavy atom. The van der Waals surface area contributed by atoms with Crippen LogP contribution in [0.1, 0.15) is 5.56 Å². The van der Waals surface area contributed by atoms with E-state index in [-0.39, 0.29) is 5.28 Å². The van der Waals surface area contributed by atoms with Gasteiger partial charge >= 0.3 is 0 Å². The van der Waals surface area contributed by atoms with Gasteiger partial charge < -0.3 is 5.73 Å². The van der Waals surface area contributed by atoms with E-state index in [9.17, 15) is 0 Å². The van der Waals surface area contributed by atoms with E-state index in [1.54, 1.807) is 12.4 Å². The highest BCUT2D eigenvalue weighted by Gasteiger charge is 1.88. The van der Waals surface area contributed by atoms with E-state index >= 15 is 0 Å². The van der Waals surface area contributed by atoms with Crippen LogP contribution in [0.5, 0.6) is 0 Å². The van der Waals surface area contributed by atoms with E-state index in [2.05, 4.69) is 9.97 Å². The number of hydrogen-bond donors (Lipinski definition) is 1. The molecule has 0 atom stereocenters. The van der Waals surface area contributed by atoms with E-state index in [1.807, 2.05) is 12.2 Å². The SMILES string of the molecule is NCC=Cc1cnc(Cl)nc1. The predicted molar refractivity (Wildman–Crippen MR) is 45.1 cm³/mol. The van der Waals surface area contributed by atoms with Gasteiger partial charge in [-0.25, -0.2) is 9.97 Å². The monoisotopic (exact) mass is 169 g/mol. The van der Waals surface area contributed by atoms with Crippen molar-refractivity contribution in [3.05, 3.63) is 29.3 Å². The van der Waals surface area contributed by atoms with Gasteiger partial charge in [0.2, 0.25) is 5.28 Å². The third-order valence-corrected chi connectivity index (χ3v) is 1.28. The molecular formula is C7H8ClN3. The average molecular weight is 170 g/mol. The molecule has 0 unspecified atom stereocenters. The minimum Gasteiger partial charge on any atom is -0.327 e. The first-order valence-electron chi connectivity index (χ1n) is 3.17. The number of rotatable bonds is 2. The molecule has 0 radical (unpaired) electrons. The summed E-state index contributed by atoms with van der Waals surface area (Å²) in [6.07, 6.45) is 6.95. The van der Waals surface area contributed by atoms with Crippen molar-refractivity contribution in [3.63, 3.8) is 0 Å². The molecule has 1 heterocycles. The van der Waals surface area contributed by atoms with Crippen molar-refractivity contribution >= 4 is 17.7 Å². The van der Waals surface area contributed by atoms with Crippen molar-refractivity contribution in [1.29, 1.82) is 0 Å². The van der Waals surface area contributed by atoms with Crippen LogP contribution in [-0.4, -0.2) is 16.5 Å². The fraction of sp³-hybridized carbons (Fsp3) is 0.143. The van der Waals surface area contributed by atoms with Gasteiger partial charge in [0.25, 0.3) is 0 Å². The minimum absolute atomic E-state index is 0.259. The Kier molecular flexibility index (Phi) is 3.01. The molecule has 58 valence electrons. The Hall–Kier alpha value is -0.930. The molecule has 0 fully saturated rings. The summed E-state index contributed by atoms with van der Waals surface area (Å²) in [5.41, 5.74) is 6.16. The lowest BCUT2D eigenvalue weighted by molar-refractivity contribution is 1.16. The van der Waals surface area contributed by atoms with E-state index < -0.39 is 0 Å². The first-order chi connectivity index (χ1) is 5.33. The topological polar surface area (TPSA) is 51.8 Å². The maximum absolute atomic E-state index is 5.47. The molecule has 0 aliphatic rings. The maximum Gasteiger partial charge on any atom is 0.222 e. The van der Waals surface area contributed by atoms with Crippen molar-refractivity contribution in [1.82, 2.24) is 9.97 Å². The third kappa shape index (κ3) is 2.65. The number of hydrogen-bond acceptors (Lipinski definition) is 3. The molecule has 1 rings (SSSR count). The van der Waals surface area contributed by atoms with Gasteiger partial charge in [0, 0.05) is 24.5 Å². The van der Waals surface area contributed by atoms with E-state index in [0.717, 1.165) is 5.56 Å². The summed E-state index contributed by atoms with van der Waals surface area (Å²) in [6.45, 7) is 0.516. The second-order valence-corrected chi connectivity index (χ2v) is 2.26. The third-order valence-electron chi connectivity index (χ3n) is 1.09. The van der Waals surface area contributed by atoms with Gasteiger partial charge in [0.15, 0.2) is 0 Å². The van der Waals surface area contributed by atoms with Gasteiger partial charge in [-0.3, -0.25) is 0 Å². The lowest BCUT2D eigenvalue weighted by Gasteiger charge is -1.90. The maximum atomic E-state index is 5.47. The Balaban J connectivity index is 2.73. The van der Waals surface area contributed by atoms with Gasteiger partial charge in [-0.05, 0) is 11.6 Å². The van der Waals surface area contributed by atoms with Gasteiger partial charge in [-0.2, -0.15) is 0 Å². The van der Waals surface area contributed by atoms with Crippen molar-refractivity contribution in [2.75, 3.05) is 6.54 Å². The fourth-order valence-electron chi connectivity index (χ4n) is 0.612. The predicted octanol–water partition coefficient (Wildman–Crippen LogP) is 1.10. The van der Waals surface area contributed by atoms with Crippen LogP contribution >= 0.6 is 11.6 Å². The normalized spacial score (nSPS) is 10.7. The molecule has 0 bridgehead atoms. The molecule has 0 saturated heterocycles. The van der Waals surface area contributed by atoms with E-state index in [0.29, 0.717) is 6.54 Å². The van der Waals surface area contributed by atoms with Gasteiger partial charge in [-0.1, -0.05) is 12.2 Å². The van der Waals surface area contributed by atoms with Crippen LogP contribution in [0.3, 0.4) is 0 Å². The second-order valence-electron chi connectivity index (χ2n) is 1.92. The van der Waals surface area contributed by atoms with Crippen LogP contribution in [0.4, 0.5) is 0 Å². The zero-order valence-corrected chi connectivity index (χ0v) is 6.62. The van der Waals surface area contributed by atoms with E-state index in [1.165, 1.54) is 0 Å². The Labute approximate surface area is 69.9 Å². The molecule has 2 N–H and O–H groups in total. The highest BCUT2D eigenvalue weighted by molar-refractivity contribution is 6.28. The van der Waals surface area contributed by atoms with Gasteiger partial charge in [-0.15, -0.1) is 0 Å². The first-order valence-corrected chi connectivity index (χ1v) is 3.55. The van der Waals surface area contributed by atoms with Crippen LogP contribution in [0.2, 0.25) is 5.28 Å². The minimum atomic E-state index is 0.259. The summed E-state index contributed by atoms with van der Waals surface area (Å²) >= 11 is 5.47. The Morgan fingerprint density at radius 2 is 2.09 bits per heavy atom. The number of nitrogens with two attached hydrogens (primary N) is 1. The van der Waals surface area contributed by atoms with Crippen molar-refractivity contribution in [2.24, 2.45) is 5.73 Å². The summed E-state index contributed by atoms with van der Waals surface area (Å²) in [6, 6.07) is 0. The summed E-state index contributed by atoms with van der Waals surface area (Å²) in [4.78, 5) is 7.59. The smallest absolute Gasteiger partial charge is 0.222 e. The second kappa shape index (κ2) is 4.05. The molecule has 1 aromatic rings. The first kappa shape index (κ1) is 8.17. The van der Waals surface area contributed by atoms with Crippen molar-refractivity contribution < 1.29 is 0 Å². The highest BCUT2D eigenvalue weighted by Crippen LogP contribution is 2.01. The standard InChI is InChI=1S/C7H8ClN3/c8-7-10-4-6(5-11-7)2-1-3-9/h1-2,4-5H,3,9H2. The zero-order chi connectivity index (χ0) is 8.10. The Morgan fingerprint density at radius 3 is 2.64 bits per heavy atom. The molecule has 0 aliphatic heterocycles.